The van der Waals surface area contributed by atoms with Gasteiger partial charge in [-0.1, -0.05) is 0 Å². The molecule has 0 aromatic carbocycles. The average molecular weight is 135 g/mol. The second-order valence-corrected chi connectivity index (χ2v) is 0. The van der Waals surface area contributed by atoms with Crippen LogP contribution >= 0.6 is 27.0 Å². The molecule has 0 spiro atoms. The van der Waals surface area contributed by atoms with Crippen molar-refractivity contribution in [3.05, 3.63) is 0 Å². The molecule has 0 unspecified atom stereocenters. The van der Waals surface area contributed by atoms with Crippen molar-refractivity contribution >= 4 is 45.9 Å². The molecule has 0 aliphatic heterocycles. The van der Waals surface area contributed by atoms with Gasteiger partial charge >= 0.3 is 18.9 Å². The van der Waals surface area contributed by atoms with Gasteiger partial charge in [0.05, 0.1) is 0 Å². The zero-order chi connectivity index (χ0) is 0. The first-order chi connectivity index (χ1) is 0. The Morgan fingerprint density at radius 3 is 0.750 bits per heavy atom. The molecule has 0 aliphatic rings. The van der Waals surface area contributed by atoms with Crippen LogP contribution < -0.4 is 0 Å². The van der Waals surface area contributed by atoms with E-state index in [4.69, 9.17) is 0 Å². The molecule has 0 aromatic rings. The van der Waals surface area contributed by atoms with Gasteiger partial charge in [-0.15, -0.1) is 0 Å². The zero-order valence-electron chi connectivity index (χ0n) is 1.33. The van der Waals surface area contributed by atoms with Crippen molar-refractivity contribution < 1.29 is 16.8 Å². The summed E-state index contributed by atoms with van der Waals surface area (Å²) >= 11 is 0. The number of hydrogen-bond donors (Lipinski definition) is 0. The van der Waals surface area contributed by atoms with Gasteiger partial charge in [-0.2, -0.15) is 27.0 Å². The van der Waals surface area contributed by atoms with Gasteiger partial charge in [0.2, 0.25) is 0 Å². The molecule has 0 nitrogen and oxygen atoms in total. The summed E-state index contributed by atoms with van der Waals surface area (Å²) in [6, 6.07) is 0. The van der Waals surface area contributed by atoms with Gasteiger partial charge in [-0.25, -0.2) is 0 Å². The van der Waals surface area contributed by atoms with Crippen LogP contribution in [-0.4, -0.2) is 18.9 Å². The minimum atomic E-state index is 0. The molecule has 0 aliphatic carbocycles. The summed E-state index contributed by atoms with van der Waals surface area (Å²) in [6.45, 7) is 0. The van der Waals surface area contributed by atoms with E-state index >= 15 is 0 Å². The van der Waals surface area contributed by atoms with Gasteiger partial charge < -0.3 is 0 Å². The van der Waals surface area contributed by atoms with Crippen LogP contribution in [0, 0.1) is 0 Å². The third-order valence-corrected chi connectivity index (χ3v) is 0. The molecule has 4 heavy (non-hydrogen) atoms. The molecule has 0 amide bonds. The summed E-state index contributed by atoms with van der Waals surface area (Å²) in [5, 5.41) is 0. The summed E-state index contributed by atoms with van der Waals surface area (Å²) < 4.78 is 0. The maximum atomic E-state index is 0. The van der Waals surface area contributed by atoms with Gasteiger partial charge in [0.15, 0.2) is 0 Å². The third kappa shape index (κ3) is 9.19. The van der Waals surface area contributed by atoms with Gasteiger partial charge in [-0.05, 0) is 0 Å². The molecule has 0 bridgehead atoms. The van der Waals surface area contributed by atoms with Crippen LogP contribution in [0.5, 0.6) is 0 Å². The SMILES string of the molecule is S.S.[Co].[LiH]. The van der Waals surface area contributed by atoms with E-state index in [9.17, 15) is 0 Å². The maximum absolute atomic E-state index is 0. The van der Waals surface area contributed by atoms with Crippen LogP contribution in [0.3, 0.4) is 0 Å². The van der Waals surface area contributed by atoms with E-state index in [1.54, 1.807) is 0 Å². The van der Waals surface area contributed by atoms with E-state index < -0.39 is 0 Å². The fraction of sp³-hybridized carbons (Fsp3) is 0. The van der Waals surface area contributed by atoms with Gasteiger partial charge in [0.1, 0.15) is 0 Å². The number of hydrogen-bond acceptors (Lipinski definition) is 0. The second kappa shape index (κ2) is 21.4. The van der Waals surface area contributed by atoms with Crippen LogP contribution in [0.2, 0.25) is 0 Å². The van der Waals surface area contributed by atoms with Crippen molar-refractivity contribution in [1.29, 1.82) is 0 Å². The van der Waals surface area contributed by atoms with E-state index in [1.165, 1.54) is 0 Å². The topological polar surface area (TPSA) is 0 Å². The predicted octanol–water partition coefficient (Wildman–Crippen LogP) is -0.425. The van der Waals surface area contributed by atoms with Gasteiger partial charge in [-0.3, -0.25) is 0 Å². The Hall–Kier alpha value is 1.80. The Morgan fingerprint density at radius 1 is 0.750 bits per heavy atom. The second-order valence-electron chi connectivity index (χ2n) is 0. The monoisotopic (exact) mass is 135 g/mol. The normalized spacial score (nSPS) is 0. The standard InChI is InChI=1S/Co.Li.2H2S.H/h;;2*1H2;. The van der Waals surface area contributed by atoms with E-state index in [1.807, 2.05) is 0 Å². The van der Waals surface area contributed by atoms with Crippen LogP contribution in [0.15, 0.2) is 0 Å². The molecule has 0 saturated carbocycles. The van der Waals surface area contributed by atoms with E-state index in [0.29, 0.717) is 0 Å². The Kier molecular flexibility index (Phi) is 220. The molecular weight excluding hydrogens is 130 g/mol. The summed E-state index contributed by atoms with van der Waals surface area (Å²) in [5.41, 5.74) is 0. The first kappa shape index (κ1) is 41.2. The zero-order valence-corrected chi connectivity index (χ0v) is 4.37. The Bertz CT molecular complexity index is 6.00. The van der Waals surface area contributed by atoms with Crippen molar-refractivity contribution in [1.82, 2.24) is 0 Å². The van der Waals surface area contributed by atoms with Crippen molar-refractivity contribution in [2.75, 3.05) is 0 Å². The molecule has 0 saturated heterocycles. The quantitative estimate of drug-likeness (QED) is 0.395. The van der Waals surface area contributed by atoms with E-state index in [2.05, 4.69) is 0 Å². The van der Waals surface area contributed by atoms with Gasteiger partial charge in [0, 0.05) is 16.8 Å². The Labute approximate surface area is 62.4 Å². The molecule has 0 heterocycles. The summed E-state index contributed by atoms with van der Waals surface area (Å²) in [4.78, 5) is 0. The summed E-state index contributed by atoms with van der Waals surface area (Å²) in [5.74, 6) is 0. The van der Waals surface area contributed by atoms with E-state index in [-0.39, 0.29) is 62.6 Å². The molecule has 0 N–H and O–H groups in total. The fourth-order valence-electron chi connectivity index (χ4n) is 0. The molecule has 0 atom stereocenters. The Morgan fingerprint density at radius 2 is 0.750 bits per heavy atom. The molecule has 0 rings (SSSR count). The summed E-state index contributed by atoms with van der Waals surface area (Å²) in [7, 11) is 0. The van der Waals surface area contributed by atoms with Gasteiger partial charge in [0.25, 0.3) is 0 Å². The van der Waals surface area contributed by atoms with Crippen molar-refractivity contribution in [2.24, 2.45) is 0 Å². The predicted molar refractivity (Wildman–Crippen MR) is 27.9 cm³/mol. The van der Waals surface area contributed by atoms with Crippen LogP contribution in [0.4, 0.5) is 0 Å². The van der Waals surface area contributed by atoms with Crippen LogP contribution in [0.1, 0.15) is 0 Å². The Balaban J connectivity index is 0. The van der Waals surface area contributed by atoms with Crippen molar-refractivity contribution in [2.45, 2.75) is 0 Å². The van der Waals surface area contributed by atoms with Crippen LogP contribution in [-0.2, 0) is 16.8 Å². The summed E-state index contributed by atoms with van der Waals surface area (Å²) in [6.07, 6.45) is 0. The van der Waals surface area contributed by atoms with Crippen LogP contribution in [0.25, 0.3) is 0 Å². The van der Waals surface area contributed by atoms with Crippen molar-refractivity contribution in [3.63, 3.8) is 0 Å². The minimum absolute atomic E-state index is 0. The van der Waals surface area contributed by atoms with Crippen molar-refractivity contribution in [3.8, 4) is 0 Å². The molecular formula is H5CoLiS2. The molecule has 27 valence electrons. The fourth-order valence-corrected chi connectivity index (χ4v) is 0. The molecule has 1 radical (unpaired) electrons. The molecule has 0 fully saturated rings. The number of rotatable bonds is 0. The van der Waals surface area contributed by atoms with E-state index in [0.717, 1.165) is 0 Å². The first-order valence-electron chi connectivity index (χ1n) is 0. The molecule has 0 aromatic heterocycles. The average Bonchev–Trinajstić information content (AvgIpc) is 0. The third-order valence-electron chi connectivity index (χ3n) is 0. The molecule has 4 heteroatoms. The first-order valence-corrected chi connectivity index (χ1v) is 0.